The summed E-state index contributed by atoms with van der Waals surface area (Å²) < 4.78 is 10.5. The Kier molecular flexibility index (Phi) is 4.77. The summed E-state index contributed by atoms with van der Waals surface area (Å²) in [5.74, 6) is 1.44. The molecule has 2 aromatic rings. The molecule has 0 amide bonds. The number of ether oxygens (including phenoxy) is 2. The Morgan fingerprint density at radius 2 is 1.68 bits per heavy atom. The molecule has 25 heavy (non-hydrogen) atoms. The smallest absolute Gasteiger partial charge is 0.187 e. The van der Waals surface area contributed by atoms with Crippen molar-refractivity contribution in [2.45, 2.75) is 23.6 Å². The van der Waals surface area contributed by atoms with Gasteiger partial charge < -0.3 is 14.8 Å². The zero-order valence-electron chi connectivity index (χ0n) is 14.8. The lowest BCUT2D eigenvalue weighted by molar-refractivity contribution is 0.104. The molecule has 0 bridgehead atoms. The molecule has 4 nitrogen and oxygen atoms in total. The highest BCUT2D eigenvalue weighted by atomic mass is 32.2. The van der Waals surface area contributed by atoms with E-state index >= 15 is 0 Å². The number of hydrogen-bond donors (Lipinski definition) is 1. The van der Waals surface area contributed by atoms with E-state index in [1.54, 1.807) is 56.3 Å². The first kappa shape index (κ1) is 17.4. The van der Waals surface area contributed by atoms with E-state index in [0.29, 0.717) is 5.56 Å². The minimum atomic E-state index is -0.201. The fourth-order valence-electron chi connectivity index (χ4n) is 2.71. The van der Waals surface area contributed by atoms with Gasteiger partial charge in [-0.25, -0.2) is 0 Å². The van der Waals surface area contributed by atoms with Gasteiger partial charge in [0.25, 0.3) is 0 Å². The number of carbonyl (C=O) groups is 1. The predicted octanol–water partition coefficient (Wildman–Crippen LogP) is 4.36. The van der Waals surface area contributed by atoms with Crippen LogP contribution in [-0.4, -0.2) is 24.9 Å². The van der Waals surface area contributed by atoms with E-state index in [1.165, 1.54) is 0 Å². The quantitative estimate of drug-likeness (QED) is 0.652. The third-order valence-corrected chi connectivity index (χ3v) is 5.12. The maximum Gasteiger partial charge on any atom is 0.187 e. The zero-order chi connectivity index (χ0) is 18.0. The van der Waals surface area contributed by atoms with Crippen molar-refractivity contribution < 1.29 is 14.3 Å². The van der Waals surface area contributed by atoms with Gasteiger partial charge in [0.2, 0.25) is 0 Å². The Balaban J connectivity index is 1.99. The van der Waals surface area contributed by atoms with Gasteiger partial charge in [-0.3, -0.25) is 4.79 Å². The highest BCUT2D eigenvalue weighted by Crippen LogP contribution is 2.42. The van der Waals surface area contributed by atoms with Crippen LogP contribution in [0.4, 0.5) is 0 Å². The van der Waals surface area contributed by atoms with E-state index in [0.717, 1.165) is 27.7 Å². The minimum absolute atomic E-state index is 0.0541. The molecule has 130 valence electrons. The first-order valence-electron chi connectivity index (χ1n) is 7.97. The molecule has 1 aliphatic rings. The normalized spacial score (nSPS) is 16.7. The maximum absolute atomic E-state index is 12.7. The van der Waals surface area contributed by atoms with Crippen molar-refractivity contribution in [3.8, 4) is 11.5 Å². The van der Waals surface area contributed by atoms with Crippen LogP contribution in [0.15, 0.2) is 53.4 Å². The zero-order valence-corrected chi connectivity index (χ0v) is 15.6. The van der Waals surface area contributed by atoms with Crippen LogP contribution >= 0.6 is 11.8 Å². The molecule has 3 rings (SSSR count). The van der Waals surface area contributed by atoms with Gasteiger partial charge in [0.15, 0.2) is 5.78 Å². The molecule has 0 unspecified atom stereocenters. The molecule has 1 N–H and O–H groups in total. The number of thioether (sulfide) groups is 1. The summed E-state index contributed by atoms with van der Waals surface area (Å²) in [5.41, 5.74) is 2.40. The summed E-state index contributed by atoms with van der Waals surface area (Å²) in [6.07, 6.45) is 1.65. The van der Waals surface area contributed by atoms with Crippen LogP contribution < -0.4 is 14.8 Å². The number of allylic oxidation sites excluding steroid dienone is 1. The average molecular weight is 355 g/mol. The maximum atomic E-state index is 12.7. The van der Waals surface area contributed by atoms with Gasteiger partial charge in [-0.05, 0) is 56.3 Å². The molecule has 0 saturated carbocycles. The monoisotopic (exact) mass is 355 g/mol. The molecular weight excluding hydrogens is 334 g/mol. The second-order valence-electron chi connectivity index (χ2n) is 6.25. The summed E-state index contributed by atoms with van der Waals surface area (Å²) >= 11 is 1.73. The van der Waals surface area contributed by atoms with Crippen LogP contribution in [-0.2, 0) is 0 Å². The number of nitrogens with one attached hydrogen (secondary N) is 1. The molecule has 2 aromatic carbocycles. The molecule has 1 heterocycles. The van der Waals surface area contributed by atoms with Gasteiger partial charge in [-0.1, -0.05) is 11.8 Å². The van der Waals surface area contributed by atoms with Crippen LogP contribution in [0.1, 0.15) is 29.8 Å². The lowest BCUT2D eigenvalue weighted by Crippen LogP contribution is -2.37. The third kappa shape index (κ3) is 3.82. The van der Waals surface area contributed by atoms with Crippen LogP contribution in [0, 0.1) is 0 Å². The Labute approximate surface area is 152 Å². The van der Waals surface area contributed by atoms with E-state index in [2.05, 4.69) is 19.2 Å². The molecule has 0 aliphatic carbocycles. The van der Waals surface area contributed by atoms with Gasteiger partial charge in [-0.2, -0.15) is 0 Å². The topological polar surface area (TPSA) is 47.6 Å². The third-order valence-electron chi connectivity index (χ3n) is 3.93. The Morgan fingerprint density at radius 1 is 1.04 bits per heavy atom. The molecule has 0 fully saturated rings. The largest absolute Gasteiger partial charge is 0.497 e. The summed E-state index contributed by atoms with van der Waals surface area (Å²) in [6.45, 7) is 4.19. The van der Waals surface area contributed by atoms with Crippen LogP contribution in [0.5, 0.6) is 11.5 Å². The first-order chi connectivity index (χ1) is 11.9. The SMILES string of the molecule is COc1ccc(C(=O)/C=C2\NC(C)(C)Sc3ccc(OC)cc32)cc1. The number of methoxy groups -OCH3 is 2. The van der Waals surface area contributed by atoms with Crippen molar-refractivity contribution in [1.29, 1.82) is 0 Å². The van der Waals surface area contributed by atoms with Gasteiger partial charge in [0.1, 0.15) is 11.5 Å². The number of ketones is 1. The summed E-state index contributed by atoms with van der Waals surface area (Å²) in [7, 11) is 3.25. The molecule has 0 saturated heterocycles. The van der Waals surface area contributed by atoms with Crippen LogP contribution in [0.2, 0.25) is 0 Å². The summed E-state index contributed by atoms with van der Waals surface area (Å²) in [6, 6.07) is 13.1. The van der Waals surface area contributed by atoms with Gasteiger partial charge >= 0.3 is 0 Å². The van der Waals surface area contributed by atoms with Crippen molar-refractivity contribution in [3.63, 3.8) is 0 Å². The molecule has 1 aliphatic heterocycles. The summed E-state index contributed by atoms with van der Waals surface area (Å²) in [4.78, 5) is 13.6. The Morgan fingerprint density at radius 3 is 2.32 bits per heavy atom. The predicted molar refractivity (Wildman–Crippen MR) is 101 cm³/mol. The molecule has 0 atom stereocenters. The van der Waals surface area contributed by atoms with Crippen molar-refractivity contribution in [2.24, 2.45) is 0 Å². The van der Waals surface area contributed by atoms with E-state index in [1.807, 2.05) is 18.2 Å². The second-order valence-corrected chi connectivity index (χ2v) is 7.91. The van der Waals surface area contributed by atoms with Crippen LogP contribution in [0.3, 0.4) is 0 Å². The first-order valence-corrected chi connectivity index (χ1v) is 8.79. The van der Waals surface area contributed by atoms with E-state index in [4.69, 9.17) is 9.47 Å². The van der Waals surface area contributed by atoms with Crippen molar-refractivity contribution in [3.05, 3.63) is 59.7 Å². The van der Waals surface area contributed by atoms with Crippen molar-refractivity contribution >= 4 is 23.2 Å². The number of hydrogen-bond acceptors (Lipinski definition) is 5. The number of fused-ring (bicyclic) bond motifs is 1. The molecular formula is C20H21NO3S. The number of carbonyl (C=O) groups excluding carboxylic acids is 1. The van der Waals surface area contributed by atoms with Gasteiger partial charge in [0, 0.05) is 27.8 Å². The standard InChI is InChI=1S/C20H21NO3S/c1-20(2)21-17(16-11-15(24-4)9-10-19(16)25-20)12-18(22)13-5-7-14(23-3)8-6-13/h5-12,21H,1-4H3/b17-12-. The fourth-order valence-corrected chi connectivity index (χ4v) is 3.84. The van der Waals surface area contributed by atoms with E-state index < -0.39 is 0 Å². The highest BCUT2D eigenvalue weighted by Gasteiger charge is 2.29. The Bertz CT molecular complexity index is 825. The van der Waals surface area contributed by atoms with E-state index in [-0.39, 0.29) is 10.7 Å². The number of rotatable bonds is 4. The van der Waals surface area contributed by atoms with Crippen molar-refractivity contribution in [1.82, 2.24) is 5.32 Å². The van der Waals surface area contributed by atoms with Crippen molar-refractivity contribution in [2.75, 3.05) is 14.2 Å². The minimum Gasteiger partial charge on any atom is -0.497 e. The van der Waals surface area contributed by atoms with E-state index in [9.17, 15) is 4.79 Å². The number of benzene rings is 2. The molecule has 0 aromatic heterocycles. The lowest BCUT2D eigenvalue weighted by atomic mass is 10.0. The lowest BCUT2D eigenvalue weighted by Gasteiger charge is -2.34. The summed E-state index contributed by atoms with van der Waals surface area (Å²) in [5, 5.41) is 3.45. The molecule has 0 spiro atoms. The van der Waals surface area contributed by atoms with Gasteiger partial charge in [0.05, 0.1) is 19.1 Å². The Hall–Kier alpha value is -2.40. The fraction of sp³-hybridized carbons (Fsp3) is 0.250. The van der Waals surface area contributed by atoms with Crippen LogP contribution in [0.25, 0.3) is 5.70 Å². The second kappa shape index (κ2) is 6.84. The average Bonchev–Trinajstić information content (AvgIpc) is 2.60. The molecule has 0 radical (unpaired) electrons. The highest BCUT2D eigenvalue weighted by molar-refractivity contribution is 8.00. The van der Waals surface area contributed by atoms with Gasteiger partial charge in [-0.15, -0.1) is 0 Å². The molecule has 5 heteroatoms.